The van der Waals surface area contributed by atoms with Crippen LogP contribution in [0.15, 0.2) is 0 Å². The first-order valence-corrected chi connectivity index (χ1v) is 6.15. The lowest BCUT2D eigenvalue weighted by molar-refractivity contribution is -0.149. The number of esters is 2. The molecule has 5 heteroatoms. The summed E-state index contributed by atoms with van der Waals surface area (Å²) >= 11 is 0. The quantitative estimate of drug-likeness (QED) is 0.726. The second-order valence-corrected chi connectivity index (χ2v) is 4.18. The lowest BCUT2D eigenvalue weighted by atomic mass is 9.88. The van der Waals surface area contributed by atoms with Gasteiger partial charge in [-0.25, -0.2) is 0 Å². The van der Waals surface area contributed by atoms with Crippen LogP contribution >= 0.6 is 0 Å². The fraction of sp³-hybridized carbons (Fsp3) is 0.833. The SMILES string of the molecule is CCOC(=O)CC[C@@H]1NCCCC1C(=O)OC. The molecule has 0 aliphatic carbocycles. The van der Waals surface area contributed by atoms with Gasteiger partial charge in [-0.05, 0) is 32.7 Å². The van der Waals surface area contributed by atoms with E-state index < -0.39 is 0 Å². The highest BCUT2D eigenvalue weighted by molar-refractivity contribution is 5.73. The van der Waals surface area contributed by atoms with Gasteiger partial charge in [0.2, 0.25) is 0 Å². The lowest BCUT2D eigenvalue weighted by Crippen LogP contribution is -2.45. The number of rotatable bonds is 5. The normalized spacial score (nSPS) is 24.1. The Morgan fingerprint density at radius 1 is 1.41 bits per heavy atom. The fourth-order valence-electron chi connectivity index (χ4n) is 2.20. The van der Waals surface area contributed by atoms with Gasteiger partial charge in [-0.1, -0.05) is 0 Å². The van der Waals surface area contributed by atoms with Gasteiger partial charge in [-0.15, -0.1) is 0 Å². The molecule has 1 N–H and O–H groups in total. The summed E-state index contributed by atoms with van der Waals surface area (Å²) in [6.07, 6.45) is 2.76. The minimum Gasteiger partial charge on any atom is -0.469 e. The van der Waals surface area contributed by atoms with Gasteiger partial charge >= 0.3 is 11.9 Å². The molecule has 0 saturated carbocycles. The van der Waals surface area contributed by atoms with E-state index in [1.807, 2.05) is 0 Å². The molecule has 0 amide bonds. The van der Waals surface area contributed by atoms with Gasteiger partial charge < -0.3 is 14.8 Å². The highest BCUT2D eigenvalue weighted by atomic mass is 16.5. The smallest absolute Gasteiger partial charge is 0.310 e. The van der Waals surface area contributed by atoms with Crippen molar-refractivity contribution < 1.29 is 19.1 Å². The van der Waals surface area contributed by atoms with Crippen LogP contribution in [0, 0.1) is 5.92 Å². The van der Waals surface area contributed by atoms with Gasteiger partial charge in [0.1, 0.15) is 0 Å². The summed E-state index contributed by atoms with van der Waals surface area (Å²) in [7, 11) is 1.40. The summed E-state index contributed by atoms with van der Waals surface area (Å²) in [5.74, 6) is -0.530. The van der Waals surface area contributed by atoms with E-state index in [4.69, 9.17) is 9.47 Å². The number of hydrogen-bond donors (Lipinski definition) is 1. The van der Waals surface area contributed by atoms with E-state index in [1.165, 1.54) is 7.11 Å². The van der Waals surface area contributed by atoms with Crippen molar-refractivity contribution in [1.82, 2.24) is 5.32 Å². The Morgan fingerprint density at radius 2 is 2.18 bits per heavy atom. The predicted molar refractivity (Wildman–Crippen MR) is 62.4 cm³/mol. The van der Waals surface area contributed by atoms with Crippen LogP contribution in [0.25, 0.3) is 0 Å². The minimum absolute atomic E-state index is 0.0283. The van der Waals surface area contributed by atoms with E-state index in [9.17, 15) is 9.59 Å². The Bertz CT molecular complexity index is 267. The molecule has 0 aromatic carbocycles. The average molecular weight is 243 g/mol. The predicted octanol–water partition coefficient (Wildman–Crippen LogP) is 0.871. The van der Waals surface area contributed by atoms with E-state index in [0.717, 1.165) is 19.4 Å². The highest BCUT2D eigenvalue weighted by Gasteiger charge is 2.31. The molecule has 5 nitrogen and oxygen atoms in total. The zero-order chi connectivity index (χ0) is 12.7. The summed E-state index contributed by atoms with van der Waals surface area (Å²) in [4.78, 5) is 22.8. The molecule has 0 spiro atoms. The van der Waals surface area contributed by atoms with E-state index in [1.54, 1.807) is 6.92 Å². The first-order chi connectivity index (χ1) is 8.19. The van der Waals surface area contributed by atoms with Crippen molar-refractivity contribution in [2.75, 3.05) is 20.3 Å². The topological polar surface area (TPSA) is 64.6 Å². The van der Waals surface area contributed by atoms with Crippen LogP contribution < -0.4 is 5.32 Å². The minimum atomic E-state index is -0.205. The summed E-state index contributed by atoms with van der Waals surface area (Å²) in [5, 5.41) is 3.27. The van der Waals surface area contributed by atoms with Gasteiger partial charge in [-0.2, -0.15) is 0 Å². The number of ether oxygens (including phenoxy) is 2. The highest BCUT2D eigenvalue weighted by Crippen LogP contribution is 2.21. The molecule has 1 saturated heterocycles. The van der Waals surface area contributed by atoms with Crippen molar-refractivity contribution in [1.29, 1.82) is 0 Å². The summed E-state index contributed by atoms with van der Waals surface area (Å²) in [6, 6.07) is 0.0283. The molecule has 17 heavy (non-hydrogen) atoms. The van der Waals surface area contributed by atoms with Crippen molar-refractivity contribution in [3.63, 3.8) is 0 Å². The van der Waals surface area contributed by atoms with Crippen molar-refractivity contribution in [2.24, 2.45) is 5.92 Å². The van der Waals surface area contributed by atoms with E-state index in [-0.39, 0.29) is 23.9 Å². The first kappa shape index (κ1) is 14.0. The Hall–Kier alpha value is -1.10. The Labute approximate surface area is 102 Å². The van der Waals surface area contributed by atoms with E-state index in [0.29, 0.717) is 19.4 Å². The molecule has 1 aliphatic rings. The third-order valence-electron chi connectivity index (χ3n) is 3.05. The summed E-state index contributed by atoms with van der Waals surface area (Å²) in [5.41, 5.74) is 0. The monoisotopic (exact) mass is 243 g/mol. The van der Waals surface area contributed by atoms with Crippen LogP contribution in [0.1, 0.15) is 32.6 Å². The third kappa shape index (κ3) is 4.34. The Kier molecular flexibility index (Phi) is 5.97. The van der Waals surface area contributed by atoms with E-state index >= 15 is 0 Å². The van der Waals surface area contributed by atoms with Gasteiger partial charge in [0, 0.05) is 12.5 Å². The molecule has 0 aromatic heterocycles. The number of methoxy groups -OCH3 is 1. The zero-order valence-electron chi connectivity index (χ0n) is 10.5. The molecule has 98 valence electrons. The van der Waals surface area contributed by atoms with Gasteiger partial charge in [0.05, 0.1) is 19.6 Å². The van der Waals surface area contributed by atoms with Crippen LogP contribution in [0.3, 0.4) is 0 Å². The maximum absolute atomic E-state index is 11.6. The molecule has 1 rings (SSSR count). The molecule has 1 heterocycles. The van der Waals surface area contributed by atoms with Crippen molar-refractivity contribution >= 4 is 11.9 Å². The van der Waals surface area contributed by atoms with Crippen molar-refractivity contribution in [2.45, 2.75) is 38.6 Å². The molecule has 1 unspecified atom stereocenters. The van der Waals surface area contributed by atoms with Crippen molar-refractivity contribution in [3.8, 4) is 0 Å². The number of carbonyl (C=O) groups is 2. The zero-order valence-corrected chi connectivity index (χ0v) is 10.5. The molecule has 0 bridgehead atoms. The van der Waals surface area contributed by atoms with Crippen LogP contribution in [0.2, 0.25) is 0 Å². The Morgan fingerprint density at radius 3 is 2.82 bits per heavy atom. The van der Waals surface area contributed by atoms with Crippen LogP contribution in [0.5, 0.6) is 0 Å². The number of hydrogen-bond acceptors (Lipinski definition) is 5. The second kappa shape index (κ2) is 7.27. The lowest BCUT2D eigenvalue weighted by Gasteiger charge is -2.30. The summed E-state index contributed by atoms with van der Waals surface area (Å²) in [6.45, 7) is 3.08. The van der Waals surface area contributed by atoms with Gasteiger partial charge in [0.15, 0.2) is 0 Å². The Balaban J connectivity index is 2.42. The molecule has 0 radical (unpaired) electrons. The molecule has 1 aliphatic heterocycles. The molecule has 2 atom stereocenters. The van der Waals surface area contributed by atoms with Crippen molar-refractivity contribution in [3.05, 3.63) is 0 Å². The number of carbonyl (C=O) groups excluding carboxylic acids is 2. The standard InChI is InChI=1S/C12H21NO4/c1-3-17-11(14)7-6-10-9(12(15)16-2)5-4-8-13-10/h9-10,13H,3-8H2,1-2H3/t9?,10-/m0/s1. The van der Waals surface area contributed by atoms with Gasteiger partial charge in [-0.3, -0.25) is 9.59 Å². The maximum Gasteiger partial charge on any atom is 0.310 e. The molecule has 0 aromatic rings. The average Bonchev–Trinajstić information content (AvgIpc) is 2.36. The largest absolute Gasteiger partial charge is 0.469 e. The third-order valence-corrected chi connectivity index (χ3v) is 3.05. The maximum atomic E-state index is 11.6. The second-order valence-electron chi connectivity index (χ2n) is 4.18. The number of nitrogens with one attached hydrogen (secondary N) is 1. The van der Waals surface area contributed by atoms with Crippen LogP contribution in [0.4, 0.5) is 0 Å². The fourth-order valence-corrected chi connectivity index (χ4v) is 2.20. The molecule has 1 fully saturated rings. The first-order valence-electron chi connectivity index (χ1n) is 6.15. The molecular formula is C12H21NO4. The summed E-state index contributed by atoms with van der Waals surface area (Å²) < 4.78 is 9.65. The number of piperidine rings is 1. The van der Waals surface area contributed by atoms with Crippen LogP contribution in [-0.2, 0) is 19.1 Å². The molecular weight excluding hydrogens is 222 g/mol. The van der Waals surface area contributed by atoms with Crippen LogP contribution in [-0.4, -0.2) is 38.2 Å². The van der Waals surface area contributed by atoms with Gasteiger partial charge in [0.25, 0.3) is 0 Å². The van der Waals surface area contributed by atoms with E-state index in [2.05, 4.69) is 5.32 Å².